The van der Waals surface area contributed by atoms with Gasteiger partial charge in [0.2, 0.25) is 5.91 Å². The van der Waals surface area contributed by atoms with E-state index in [2.05, 4.69) is 23.3 Å². The van der Waals surface area contributed by atoms with Gasteiger partial charge in [-0.1, -0.05) is 30.3 Å². The van der Waals surface area contributed by atoms with Gasteiger partial charge in [-0.05, 0) is 18.1 Å². The minimum atomic E-state index is -0.231. The summed E-state index contributed by atoms with van der Waals surface area (Å²) < 4.78 is 5.10. The maximum Gasteiger partial charge on any atom is 0.237 e. The predicted molar refractivity (Wildman–Crippen MR) is 76.7 cm³/mol. The van der Waals surface area contributed by atoms with Crippen LogP contribution in [0.25, 0.3) is 0 Å². The lowest BCUT2D eigenvalue weighted by Crippen LogP contribution is -2.41. The van der Waals surface area contributed by atoms with Gasteiger partial charge in [-0.25, -0.2) is 0 Å². The van der Waals surface area contributed by atoms with Crippen LogP contribution in [-0.2, 0) is 22.7 Å². The van der Waals surface area contributed by atoms with Gasteiger partial charge < -0.3 is 15.4 Å². The normalized spacial score (nSPS) is 11.9. The van der Waals surface area contributed by atoms with Crippen molar-refractivity contribution in [3.63, 3.8) is 0 Å². The number of carbonyl (C=O) groups excluding carboxylic acids is 1. The third-order valence-electron chi connectivity index (χ3n) is 2.73. The number of methoxy groups -OCH3 is 1. The molecule has 0 fully saturated rings. The highest BCUT2D eigenvalue weighted by Gasteiger charge is 2.10. The standard InChI is InChI=1S/C15H22N2O2/c1-4-8-16-15(18)12(2)17-10-13-6-5-7-14(9-13)11-19-3/h4-7,9,12,17H,1,8,10-11H2,2-3H3,(H,16,18). The van der Waals surface area contributed by atoms with Crippen molar-refractivity contribution in [1.29, 1.82) is 0 Å². The Kier molecular flexibility index (Phi) is 6.85. The molecule has 0 aliphatic carbocycles. The van der Waals surface area contributed by atoms with Gasteiger partial charge in [0.05, 0.1) is 12.6 Å². The molecule has 4 heteroatoms. The Bertz CT molecular complexity index is 418. The van der Waals surface area contributed by atoms with Crippen LogP contribution in [0.1, 0.15) is 18.1 Å². The molecule has 4 nitrogen and oxygen atoms in total. The average molecular weight is 262 g/mol. The second kappa shape index (κ2) is 8.45. The van der Waals surface area contributed by atoms with Gasteiger partial charge in [0.25, 0.3) is 0 Å². The number of rotatable bonds is 8. The Morgan fingerprint density at radius 1 is 1.47 bits per heavy atom. The first-order valence-corrected chi connectivity index (χ1v) is 6.36. The fraction of sp³-hybridized carbons (Fsp3) is 0.400. The Morgan fingerprint density at radius 2 is 2.21 bits per heavy atom. The quantitative estimate of drug-likeness (QED) is 0.700. The summed E-state index contributed by atoms with van der Waals surface area (Å²) in [5.74, 6) is -0.0204. The van der Waals surface area contributed by atoms with Gasteiger partial charge in [-0.3, -0.25) is 4.79 Å². The van der Waals surface area contributed by atoms with Gasteiger partial charge in [0, 0.05) is 20.2 Å². The molecular formula is C15H22N2O2. The molecule has 0 saturated heterocycles. The zero-order valence-corrected chi connectivity index (χ0v) is 11.6. The number of carbonyl (C=O) groups is 1. The Balaban J connectivity index is 2.44. The lowest BCUT2D eigenvalue weighted by atomic mass is 10.1. The topological polar surface area (TPSA) is 50.4 Å². The maximum absolute atomic E-state index is 11.7. The van der Waals surface area contributed by atoms with Crippen LogP contribution >= 0.6 is 0 Å². The van der Waals surface area contributed by atoms with E-state index in [-0.39, 0.29) is 11.9 Å². The van der Waals surface area contributed by atoms with Crippen molar-refractivity contribution in [1.82, 2.24) is 10.6 Å². The minimum absolute atomic E-state index is 0.0204. The first kappa shape index (κ1) is 15.4. The summed E-state index contributed by atoms with van der Waals surface area (Å²) in [5, 5.41) is 5.95. The SMILES string of the molecule is C=CCNC(=O)C(C)NCc1cccc(COC)c1. The lowest BCUT2D eigenvalue weighted by Gasteiger charge is -2.13. The molecule has 0 spiro atoms. The van der Waals surface area contributed by atoms with E-state index >= 15 is 0 Å². The van der Waals surface area contributed by atoms with E-state index < -0.39 is 0 Å². The lowest BCUT2D eigenvalue weighted by molar-refractivity contribution is -0.122. The fourth-order valence-corrected chi connectivity index (χ4v) is 1.69. The van der Waals surface area contributed by atoms with Crippen molar-refractivity contribution in [3.05, 3.63) is 48.0 Å². The molecule has 1 atom stereocenters. The van der Waals surface area contributed by atoms with Gasteiger partial charge in [-0.15, -0.1) is 6.58 Å². The largest absolute Gasteiger partial charge is 0.380 e. The average Bonchev–Trinajstić information content (AvgIpc) is 2.43. The van der Waals surface area contributed by atoms with Crippen LogP contribution in [-0.4, -0.2) is 25.6 Å². The molecule has 1 amide bonds. The molecule has 2 N–H and O–H groups in total. The van der Waals surface area contributed by atoms with Crippen LogP contribution in [0.3, 0.4) is 0 Å². The number of ether oxygens (including phenoxy) is 1. The molecule has 104 valence electrons. The minimum Gasteiger partial charge on any atom is -0.380 e. The summed E-state index contributed by atoms with van der Waals surface area (Å²) in [6.07, 6.45) is 1.67. The first-order chi connectivity index (χ1) is 9.17. The van der Waals surface area contributed by atoms with E-state index in [0.29, 0.717) is 19.7 Å². The smallest absolute Gasteiger partial charge is 0.237 e. The van der Waals surface area contributed by atoms with Gasteiger partial charge in [-0.2, -0.15) is 0 Å². The van der Waals surface area contributed by atoms with Gasteiger partial charge in [0.15, 0.2) is 0 Å². The summed E-state index contributed by atoms with van der Waals surface area (Å²) >= 11 is 0. The number of benzene rings is 1. The van der Waals surface area contributed by atoms with Crippen molar-refractivity contribution in [2.45, 2.75) is 26.1 Å². The fourth-order valence-electron chi connectivity index (χ4n) is 1.69. The third kappa shape index (κ3) is 5.68. The zero-order valence-electron chi connectivity index (χ0n) is 11.6. The van der Waals surface area contributed by atoms with Crippen LogP contribution in [0, 0.1) is 0 Å². The van der Waals surface area contributed by atoms with Crippen molar-refractivity contribution in [2.75, 3.05) is 13.7 Å². The molecule has 0 aliphatic rings. The molecule has 0 heterocycles. The van der Waals surface area contributed by atoms with E-state index in [1.807, 2.05) is 25.1 Å². The van der Waals surface area contributed by atoms with Crippen LogP contribution < -0.4 is 10.6 Å². The Hall–Kier alpha value is -1.65. The van der Waals surface area contributed by atoms with E-state index in [9.17, 15) is 4.79 Å². The first-order valence-electron chi connectivity index (χ1n) is 6.36. The molecule has 1 rings (SSSR count). The molecule has 19 heavy (non-hydrogen) atoms. The van der Waals surface area contributed by atoms with Crippen molar-refractivity contribution >= 4 is 5.91 Å². The van der Waals surface area contributed by atoms with Crippen molar-refractivity contribution in [2.24, 2.45) is 0 Å². The number of amides is 1. The molecule has 1 aromatic rings. The van der Waals surface area contributed by atoms with Crippen LogP contribution in [0.4, 0.5) is 0 Å². The molecule has 0 saturated carbocycles. The third-order valence-corrected chi connectivity index (χ3v) is 2.73. The molecule has 0 bridgehead atoms. The molecule has 0 radical (unpaired) electrons. The summed E-state index contributed by atoms with van der Waals surface area (Å²) in [6, 6.07) is 7.89. The number of nitrogens with one attached hydrogen (secondary N) is 2. The van der Waals surface area contributed by atoms with E-state index in [1.54, 1.807) is 13.2 Å². The summed E-state index contributed by atoms with van der Waals surface area (Å²) in [4.78, 5) is 11.7. The highest BCUT2D eigenvalue weighted by molar-refractivity contribution is 5.81. The molecule has 1 unspecified atom stereocenters. The maximum atomic E-state index is 11.7. The highest BCUT2D eigenvalue weighted by Crippen LogP contribution is 2.06. The van der Waals surface area contributed by atoms with E-state index in [0.717, 1.165) is 11.1 Å². The summed E-state index contributed by atoms with van der Waals surface area (Å²) in [7, 11) is 1.68. The van der Waals surface area contributed by atoms with Gasteiger partial charge in [0.1, 0.15) is 0 Å². The monoisotopic (exact) mass is 262 g/mol. The molecule has 0 aromatic heterocycles. The van der Waals surface area contributed by atoms with Crippen molar-refractivity contribution < 1.29 is 9.53 Å². The van der Waals surface area contributed by atoms with Crippen LogP contribution in [0.5, 0.6) is 0 Å². The Labute approximate surface area is 114 Å². The second-order valence-corrected chi connectivity index (χ2v) is 4.39. The molecular weight excluding hydrogens is 240 g/mol. The van der Waals surface area contributed by atoms with Crippen LogP contribution in [0.15, 0.2) is 36.9 Å². The Morgan fingerprint density at radius 3 is 2.89 bits per heavy atom. The van der Waals surface area contributed by atoms with Crippen LogP contribution in [0.2, 0.25) is 0 Å². The second-order valence-electron chi connectivity index (χ2n) is 4.39. The van der Waals surface area contributed by atoms with E-state index in [1.165, 1.54) is 0 Å². The zero-order chi connectivity index (χ0) is 14.1. The van der Waals surface area contributed by atoms with Gasteiger partial charge >= 0.3 is 0 Å². The highest BCUT2D eigenvalue weighted by atomic mass is 16.5. The summed E-state index contributed by atoms with van der Waals surface area (Å²) in [5.41, 5.74) is 2.27. The summed E-state index contributed by atoms with van der Waals surface area (Å²) in [6.45, 7) is 7.16. The number of hydrogen-bond donors (Lipinski definition) is 2. The van der Waals surface area contributed by atoms with E-state index in [4.69, 9.17) is 4.74 Å². The van der Waals surface area contributed by atoms with Crippen molar-refractivity contribution in [3.8, 4) is 0 Å². The molecule has 0 aliphatic heterocycles. The predicted octanol–water partition coefficient (Wildman–Crippen LogP) is 1.61. The molecule has 1 aromatic carbocycles. The number of hydrogen-bond acceptors (Lipinski definition) is 3.